The van der Waals surface area contributed by atoms with Crippen LogP contribution in [0.5, 0.6) is 0 Å². The minimum atomic E-state index is 0.150. The van der Waals surface area contributed by atoms with Gasteiger partial charge in [0.25, 0.3) is 0 Å². The first-order chi connectivity index (χ1) is 13.2. The summed E-state index contributed by atoms with van der Waals surface area (Å²) >= 11 is 1.51. The quantitative estimate of drug-likeness (QED) is 0.753. The van der Waals surface area contributed by atoms with E-state index in [1.54, 1.807) is 0 Å². The Balaban J connectivity index is 1.55. The number of benzene rings is 1. The fraction of sp³-hybridized carbons (Fsp3) is 0.550. The van der Waals surface area contributed by atoms with Crippen LogP contribution in [-0.4, -0.2) is 65.9 Å². The van der Waals surface area contributed by atoms with E-state index >= 15 is 0 Å². The first kappa shape index (κ1) is 18.5. The van der Waals surface area contributed by atoms with Crippen LogP contribution < -0.4 is 4.90 Å². The lowest BCUT2D eigenvalue weighted by molar-refractivity contribution is -0.132. The Morgan fingerprint density at radius 3 is 2.48 bits per heavy atom. The highest BCUT2D eigenvalue weighted by atomic mass is 32.2. The van der Waals surface area contributed by atoms with Crippen molar-refractivity contribution in [2.75, 3.05) is 50.0 Å². The molecule has 0 saturated carbocycles. The summed E-state index contributed by atoms with van der Waals surface area (Å²) in [7, 11) is 0. The summed E-state index contributed by atoms with van der Waals surface area (Å²) in [6, 6.07) is 7.96. The lowest BCUT2D eigenvalue weighted by Crippen LogP contribution is -2.41. The van der Waals surface area contributed by atoms with Gasteiger partial charge in [0, 0.05) is 26.2 Å². The molecule has 144 valence electrons. The minimum absolute atomic E-state index is 0.150. The number of para-hydroxylation sites is 2. The Bertz CT molecular complexity index is 802. The zero-order valence-corrected chi connectivity index (χ0v) is 16.6. The largest absolute Gasteiger partial charge is 0.378 e. The number of ether oxygens (including phenoxy) is 1. The summed E-state index contributed by atoms with van der Waals surface area (Å²) < 4.78 is 5.34. The molecule has 7 heteroatoms. The molecule has 0 spiro atoms. The highest BCUT2D eigenvalue weighted by molar-refractivity contribution is 8.00. The maximum absolute atomic E-state index is 12.6. The summed E-state index contributed by atoms with van der Waals surface area (Å²) in [5, 5.41) is 0.866. The maximum atomic E-state index is 12.6. The van der Waals surface area contributed by atoms with Gasteiger partial charge in [0.2, 0.25) is 5.91 Å². The molecular formula is C20H26N4O2S. The van der Waals surface area contributed by atoms with E-state index in [1.807, 2.05) is 29.2 Å². The Morgan fingerprint density at radius 1 is 1.11 bits per heavy atom. The number of aromatic nitrogens is 2. The van der Waals surface area contributed by atoms with Crippen molar-refractivity contribution < 1.29 is 9.53 Å². The number of fused-ring (bicyclic) bond motifs is 1. The summed E-state index contributed by atoms with van der Waals surface area (Å²) in [4.78, 5) is 26.5. The summed E-state index contributed by atoms with van der Waals surface area (Å²) in [5.41, 5.74) is 1.79. The lowest BCUT2D eigenvalue weighted by atomic mass is 9.99. The normalized spacial score (nSPS) is 18.9. The molecule has 2 aliphatic heterocycles. The van der Waals surface area contributed by atoms with Crippen molar-refractivity contribution >= 4 is 34.5 Å². The molecule has 2 saturated heterocycles. The van der Waals surface area contributed by atoms with Gasteiger partial charge in [0.05, 0.1) is 30.0 Å². The molecule has 4 rings (SSSR count). The lowest BCUT2D eigenvalue weighted by Gasteiger charge is -2.32. The second-order valence-corrected chi connectivity index (χ2v) is 8.26. The van der Waals surface area contributed by atoms with Gasteiger partial charge in [-0.1, -0.05) is 30.8 Å². The number of carbonyl (C=O) groups excluding carboxylic acids is 1. The fourth-order valence-electron chi connectivity index (χ4n) is 3.53. The molecule has 0 atom stereocenters. The van der Waals surface area contributed by atoms with Crippen LogP contribution in [0.1, 0.15) is 19.8 Å². The number of hydrogen-bond donors (Lipinski definition) is 0. The molecule has 2 aromatic rings. The molecule has 0 N–H and O–H groups in total. The third-order valence-electron chi connectivity index (χ3n) is 5.30. The highest BCUT2D eigenvalue weighted by Crippen LogP contribution is 2.31. The fourth-order valence-corrected chi connectivity index (χ4v) is 4.44. The molecule has 1 aromatic carbocycles. The van der Waals surface area contributed by atoms with E-state index in [2.05, 4.69) is 11.8 Å². The number of rotatable bonds is 4. The highest BCUT2D eigenvalue weighted by Gasteiger charge is 2.23. The second-order valence-electron chi connectivity index (χ2n) is 7.29. The molecule has 2 fully saturated rings. The molecule has 0 radical (unpaired) electrons. The number of morpholine rings is 1. The smallest absolute Gasteiger partial charge is 0.233 e. The van der Waals surface area contributed by atoms with Gasteiger partial charge in [-0.3, -0.25) is 4.79 Å². The molecular weight excluding hydrogens is 360 g/mol. The SMILES string of the molecule is CC1CCN(c2nc3ccccc3nc2SCC(=O)N2CCOCC2)CC1. The van der Waals surface area contributed by atoms with Crippen LogP contribution in [0.25, 0.3) is 11.0 Å². The van der Waals surface area contributed by atoms with E-state index < -0.39 is 0 Å². The predicted octanol–water partition coefficient (Wildman–Crippen LogP) is 2.82. The van der Waals surface area contributed by atoms with Crippen molar-refractivity contribution in [2.45, 2.75) is 24.8 Å². The van der Waals surface area contributed by atoms with Gasteiger partial charge in [-0.15, -0.1) is 0 Å². The number of thioether (sulfide) groups is 1. The van der Waals surface area contributed by atoms with E-state index in [0.717, 1.165) is 40.9 Å². The molecule has 6 nitrogen and oxygen atoms in total. The zero-order valence-electron chi connectivity index (χ0n) is 15.8. The summed E-state index contributed by atoms with van der Waals surface area (Å²) in [5.74, 6) is 2.23. The molecule has 0 aliphatic carbocycles. The van der Waals surface area contributed by atoms with Gasteiger partial charge in [0.15, 0.2) is 5.82 Å². The number of amides is 1. The summed E-state index contributed by atoms with van der Waals surface area (Å²) in [6.07, 6.45) is 2.34. The van der Waals surface area contributed by atoms with Gasteiger partial charge < -0.3 is 14.5 Å². The zero-order chi connectivity index (χ0) is 18.6. The van der Waals surface area contributed by atoms with Crippen molar-refractivity contribution in [3.05, 3.63) is 24.3 Å². The Morgan fingerprint density at radius 2 is 1.78 bits per heavy atom. The van der Waals surface area contributed by atoms with Crippen molar-refractivity contribution in [3.8, 4) is 0 Å². The van der Waals surface area contributed by atoms with Crippen LogP contribution in [0.15, 0.2) is 29.3 Å². The first-order valence-electron chi connectivity index (χ1n) is 9.71. The first-order valence-corrected chi connectivity index (χ1v) is 10.7. The molecule has 2 aliphatic rings. The van der Waals surface area contributed by atoms with E-state index in [-0.39, 0.29) is 5.91 Å². The molecule has 1 amide bonds. The third kappa shape index (κ3) is 4.35. The second kappa shape index (κ2) is 8.44. The van der Waals surface area contributed by atoms with E-state index in [4.69, 9.17) is 14.7 Å². The van der Waals surface area contributed by atoms with E-state index in [0.29, 0.717) is 32.1 Å². The van der Waals surface area contributed by atoms with Crippen LogP contribution >= 0.6 is 11.8 Å². The molecule has 0 bridgehead atoms. The van der Waals surface area contributed by atoms with Crippen molar-refractivity contribution in [1.82, 2.24) is 14.9 Å². The van der Waals surface area contributed by atoms with E-state index in [1.165, 1.54) is 24.6 Å². The van der Waals surface area contributed by atoms with Gasteiger partial charge in [0.1, 0.15) is 5.03 Å². The van der Waals surface area contributed by atoms with Crippen molar-refractivity contribution in [1.29, 1.82) is 0 Å². The molecule has 0 unspecified atom stereocenters. The average Bonchev–Trinajstić information content (AvgIpc) is 2.72. The number of hydrogen-bond acceptors (Lipinski definition) is 6. The van der Waals surface area contributed by atoms with Gasteiger partial charge >= 0.3 is 0 Å². The molecule has 27 heavy (non-hydrogen) atoms. The molecule has 3 heterocycles. The molecule has 1 aromatic heterocycles. The monoisotopic (exact) mass is 386 g/mol. The standard InChI is InChI=1S/C20H26N4O2S/c1-15-6-8-24(9-7-15)19-20(22-17-5-3-2-4-16(17)21-19)27-14-18(25)23-10-12-26-13-11-23/h2-5,15H,6-14H2,1H3. The Labute approximate surface area is 164 Å². The average molecular weight is 387 g/mol. The number of carbonyl (C=O) groups is 1. The van der Waals surface area contributed by atoms with Crippen LogP contribution in [0, 0.1) is 5.92 Å². The maximum Gasteiger partial charge on any atom is 0.233 e. The van der Waals surface area contributed by atoms with Crippen LogP contribution in [0.2, 0.25) is 0 Å². The van der Waals surface area contributed by atoms with Crippen LogP contribution in [0.4, 0.5) is 5.82 Å². The number of anilines is 1. The minimum Gasteiger partial charge on any atom is -0.378 e. The van der Waals surface area contributed by atoms with Crippen molar-refractivity contribution in [3.63, 3.8) is 0 Å². The Kier molecular flexibility index (Phi) is 5.78. The third-order valence-corrected chi connectivity index (χ3v) is 6.24. The van der Waals surface area contributed by atoms with E-state index in [9.17, 15) is 4.79 Å². The van der Waals surface area contributed by atoms with Gasteiger partial charge in [-0.05, 0) is 30.9 Å². The topological polar surface area (TPSA) is 58.6 Å². The van der Waals surface area contributed by atoms with Gasteiger partial charge in [-0.2, -0.15) is 0 Å². The number of nitrogens with zero attached hydrogens (tertiary/aromatic N) is 4. The van der Waals surface area contributed by atoms with Crippen molar-refractivity contribution in [2.24, 2.45) is 5.92 Å². The van der Waals surface area contributed by atoms with Crippen LogP contribution in [-0.2, 0) is 9.53 Å². The van der Waals surface area contributed by atoms with Gasteiger partial charge in [-0.25, -0.2) is 9.97 Å². The summed E-state index contributed by atoms with van der Waals surface area (Å²) in [6.45, 7) is 6.92. The van der Waals surface area contributed by atoms with Crippen LogP contribution in [0.3, 0.4) is 0 Å². The number of piperidine rings is 1. The predicted molar refractivity (Wildman–Crippen MR) is 108 cm³/mol. The Hall–Kier alpha value is -1.86.